The van der Waals surface area contributed by atoms with Crippen LogP contribution in [0.5, 0.6) is 11.5 Å². The molecule has 2 aliphatic rings. The van der Waals surface area contributed by atoms with Crippen LogP contribution in [0.3, 0.4) is 0 Å². The Hall–Kier alpha value is -1.99. The fourth-order valence-electron chi connectivity index (χ4n) is 4.01. The average Bonchev–Trinajstić information content (AvgIpc) is 3.29. The van der Waals surface area contributed by atoms with Gasteiger partial charge in [0.1, 0.15) is 0 Å². The van der Waals surface area contributed by atoms with Gasteiger partial charge in [-0.05, 0) is 51.1 Å². The summed E-state index contributed by atoms with van der Waals surface area (Å²) in [7, 11) is 9.27. The van der Waals surface area contributed by atoms with Crippen molar-refractivity contribution in [2.24, 2.45) is 4.99 Å². The smallest absolute Gasteiger partial charge is 0.191 e. The highest BCUT2D eigenvalue weighted by Crippen LogP contribution is 2.34. The molecule has 0 radical (unpaired) electrons. The van der Waals surface area contributed by atoms with Crippen molar-refractivity contribution in [3.05, 3.63) is 23.8 Å². The topological polar surface area (TPSA) is 67.4 Å². The molecule has 4 atom stereocenters. The molecule has 0 aromatic heterocycles. The minimum absolute atomic E-state index is 0.166. The van der Waals surface area contributed by atoms with E-state index in [9.17, 15) is 0 Å². The predicted molar refractivity (Wildman–Crippen MR) is 107 cm³/mol. The van der Waals surface area contributed by atoms with E-state index >= 15 is 0 Å². The van der Waals surface area contributed by atoms with Crippen molar-refractivity contribution in [1.82, 2.24) is 15.5 Å². The maximum atomic E-state index is 5.93. The number of methoxy groups -OCH3 is 2. The summed E-state index contributed by atoms with van der Waals surface area (Å²) in [6.07, 6.45) is 4.15. The Morgan fingerprint density at radius 3 is 2.59 bits per heavy atom. The number of likely N-dealkylation sites (N-methyl/N-ethyl adjacent to an activating group) is 1. The molecule has 1 aromatic carbocycles. The van der Waals surface area contributed by atoms with Crippen molar-refractivity contribution in [3.8, 4) is 11.5 Å². The van der Waals surface area contributed by atoms with E-state index in [4.69, 9.17) is 14.2 Å². The van der Waals surface area contributed by atoms with Gasteiger partial charge in [-0.3, -0.25) is 4.99 Å². The summed E-state index contributed by atoms with van der Waals surface area (Å²) < 4.78 is 16.7. The third-order valence-electron chi connectivity index (χ3n) is 5.53. The zero-order valence-electron chi connectivity index (χ0n) is 17.0. The van der Waals surface area contributed by atoms with Crippen LogP contribution in [0.4, 0.5) is 0 Å². The quantitative estimate of drug-likeness (QED) is 0.559. The van der Waals surface area contributed by atoms with Crippen molar-refractivity contribution in [2.45, 2.75) is 43.6 Å². The van der Waals surface area contributed by atoms with Gasteiger partial charge in [-0.2, -0.15) is 0 Å². The maximum absolute atomic E-state index is 5.93. The number of rotatable bonds is 7. The summed E-state index contributed by atoms with van der Waals surface area (Å²) in [6.45, 7) is 0.726. The largest absolute Gasteiger partial charge is 0.493 e. The van der Waals surface area contributed by atoms with Crippen LogP contribution in [-0.2, 0) is 4.74 Å². The number of fused-ring (bicyclic) bond motifs is 2. The number of hydrogen-bond acceptors (Lipinski definition) is 5. The lowest BCUT2D eigenvalue weighted by molar-refractivity contribution is 0.0992. The Morgan fingerprint density at radius 2 is 2.04 bits per heavy atom. The molecule has 150 valence electrons. The van der Waals surface area contributed by atoms with Crippen LogP contribution in [0.2, 0.25) is 0 Å². The van der Waals surface area contributed by atoms with Crippen LogP contribution >= 0.6 is 0 Å². The first-order chi connectivity index (χ1) is 13.0. The van der Waals surface area contributed by atoms with Crippen molar-refractivity contribution in [3.63, 3.8) is 0 Å². The van der Waals surface area contributed by atoms with Crippen LogP contribution in [0.1, 0.15) is 30.9 Å². The van der Waals surface area contributed by atoms with Crippen molar-refractivity contribution in [1.29, 1.82) is 0 Å². The molecule has 7 heteroatoms. The number of aliphatic imine (C=N–C) groups is 1. The SMILES string of the molecule is CN=C(NCC(c1ccc(OC)c(OC)c1)N(C)C)NC1CC2CCC1O2. The summed E-state index contributed by atoms with van der Waals surface area (Å²) >= 11 is 0. The summed E-state index contributed by atoms with van der Waals surface area (Å²) in [5.74, 6) is 2.30. The van der Waals surface area contributed by atoms with Crippen LogP contribution in [0.25, 0.3) is 0 Å². The Morgan fingerprint density at radius 1 is 1.26 bits per heavy atom. The molecular formula is C20H32N4O3. The second-order valence-corrected chi connectivity index (χ2v) is 7.41. The second kappa shape index (κ2) is 8.80. The van der Waals surface area contributed by atoms with E-state index < -0.39 is 0 Å². The summed E-state index contributed by atoms with van der Waals surface area (Å²) in [5.41, 5.74) is 1.16. The van der Waals surface area contributed by atoms with Gasteiger partial charge in [0.2, 0.25) is 0 Å². The van der Waals surface area contributed by atoms with E-state index in [-0.39, 0.29) is 6.04 Å². The number of benzene rings is 1. The third-order valence-corrected chi connectivity index (χ3v) is 5.53. The third kappa shape index (κ3) is 4.47. The predicted octanol–water partition coefficient (Wildman–Crippen LogP) is 1.79. The Bertz CT molecular complexity index is 665. The van der Waals surface area contributed by atoms with Crippen LogP contribution in [0, 0.1) is 0 Å². The fourth-order valence-corrected chi connectivity index (χ4v) is 4.01. The van der Waals surface area contributed by atoms with Gasteiger partial charge < -0.3 is 29.7 Å². The molecule has 2 saturated heterocycles. The van der Waals surface area contributed by atoms with Crippen molar-refractivity contribution >= 4 is 5.96 Å². The van der Waals surface area contributed by atoms with Crippen LogP contribution in [-0.4, -0.2) is 71.0 Å². The number of guanidine groups is 1. The Labute approximate surface area is 162 Å². The molecule has 0 spiro atoms. The first-order valence-electron chi connectivity index (χ1n) is 9.56. The highest BCUT2D eigenvalue weighted by atomic mass is 16.5. The molecule has 0 amide bonds. The lowest BCUT2D eigenvalue weighted by atomic mass is 9.96. The first kappa shape index (κ1) is 19.8. The second-order valence-electron chi connectivity index (χ2n) is 7.41. The molecule has 0 aliphatic carbocycles. The monoisotopic (exact) mass is 376 g/mol. The molecule has 27 heavy (non-hydrogen) atoms. The summed E-state index contributed by atoms with van der Waals surface area (Å²) in [4.78, 5) is 6.58. The van der Waals surface area contributed by atoms with E-state index in [2.05, 4.69) is 40.7 Å². The number of hydrogen-bond donors (Lipinski definition) is 2. The first-order valence-corrected chi connectivity index (χ1v) is 9.56. The van der Waals surface area contributed by atoms with Gasteiger partial charge in [0.05, 0.1) is 38.5 Å². The minimum atomic E-state index is 0.166. The molecule has 0 saturated carbocycles. The van der Waals surface area contributed by atoms with E-state index in [1.165, 1.54) is 6.42 Å². The van der Waals surface area contributed by atoms with Crippen molar-refractivity contribution < 1.29 is 14.2 Å². The number of nitrogens with zero attached hydrogens (tertiary/aromatic N) is 2. The highest BCUT2D eigenvalue weighted by Gasteiger charge is 2.41. The molecule has 2 fully saturated rings. The minimum Gasteiger partial charge on any atom is -0.493 e. The lowest BCUT2D eigenvalue weighted by Crippen LogP contribution is -2.49. The number of nitrogens with one attached hydrogen (secondary N) is 2. The summed E-state index contributed by atoms with van der Waals surface area (Å²) in [5, 5.41) is 7.01. The molecule has 2 heterocycles. The van der Waals surface area contributed by atoms with Gasteiger partial charge in [0, 0.05) is 13.6 Å². The fraction of sp³-hybridized carbons (Fsp3) is 0.650. The molecule has 3 rings (SSSR count). The van der Waals surface area contributed by atoms with Crippen LogP contribution < -0.4 is 20.1 Å². The maximum Gasteiger partial charge on any atom is 0.191 e. The lowest BCUT2D eigenvalue weighted by Gasteiger charge is -2.28. The summed E-state index contributed by atoms with van der Waals surface area (Å²) in [6, 6.07) is 6.58. The van der Waals surface area contributed by atoms with E-state index in [0.29, 0.717) is 18.2 Å². The van der Waals surface area contributed by atoms with E-state index in [1.54, 1.807) is 14.2 Å². The average molecular weight is 377 g/mol. The molecular weight excluding hydrogens is 344 g/mol. The Balaban J connectivity index is 1.63. The number of ether oxygens (including phenoxy) is 3. The van der Waals surface area contributed by atoms with Gasteiger partial charge in [0.25, 0.3) is 0 Å². The van der Waals surface area contributed by atoms with Gasteiger partial charge in [-0.15, -0.1) is 0 Å². The van der Waals surface area contributed by atoms with Crippen LogP contribution in [0.15, 0.2) is 23.2 Å². The molecule has 2 aliphatic heterocycles. The molecule has 4 unspecified atom stereocenters. The van der Waals surface area contributed by atoms with E-state index in [0.717, 1.165) is 42.4 Å². The molecule has 2 N–H and O–H groups in total. The van der Waals surface area contributed by atoms with Gasteiger partial charge >= 0.3 is 0 Å². The van der Waals surface area contributed by atoms with E-state index in [1.807, 2.05) is 19.2 Å². The molecule has 1 aromatic rings. The molecule has 7 nitrogen and oxygen atoms in total. The normalized spacial score (nSPS) is 25.6. The molecule has 2 bridgehead atoms. The Kier molecular flexibility index (Phi) is 6.44. The van der Waals surface area contributed by atoms with Gasteiger partial charge in [-0.1, -0.05) is 6.07 Å². The zero-order chi connectivity index (χ0) is 19.4. The van der Waals surface area contributed by atoms with Gasteiger partial charge in [-0.25, -0.2) is 0 Å². The van der Waals surface area contributed by atoms with Gasteiger partial charge in [0.15, 0.2) is 17.5 Å². The standard InChI is InChI=1S/C20H32N4O3/c1-21-20(23-15-11-14-7-9-17(15)27-14)22-12-16(24(2)3)13-6-8-18(25-4)19(10-13)26-5/h6,8,10,14-17H,7,9,11-12H2,1-5H3,(H2,21,22,23). The van der Waals surface area contributed by atoms with Crippen molar-refractivity contribution in [2.75, 3.05) is 41.9 Å². The zero-order valence-corrected chi connectivity index (χ0v) is 17.0. The highest BCUT2D eigenvalue weighted by molar-refractivity contribution is 5.80.